The molecule has 17 heavy (non-hydrogen) atoms. The van der Waals surface area contributed by atoms with E-state index in [0.717, 1.165) is 11.4 Å². The summed E-state index contributed by atoms with van der Waals surface area (Å²) in [6.07, 6.45) is 5.07. The number of benzene rings is 1. The first kappa shape index (κ1) is 11.8. The maximum absolute atomic E-state index is 11.6. The van der Waals surface area contributed by atoms with Crippen LogP contribution >= 0.6 is 0 Å². The molecule has 1 aromatic rings. The Labute approximate surface area is 105 Å². The van der Waals surface area contributed by atoms with Crippen molar-refractivity contribution in [1.29, 1.82) is 0 Å². The third-order valence-corrected chi connectivity index (χ3v) is 3.21. The summed E-state index contributed by atoms with van der Waals surface area (Å²) in [5.41, 5.74) is 2.33. The molecule has 0 radical (unpaired) electrons. The molecule has 2 rings (SSSR count). The van der Waals surface area contributed by atoms with E-state index in [1.807, 2.05) is 18.2 Å². The molecule has 0 aromatic heterocycles. The van der Waals surface area contributed by atoms with Crippen LogP contribution < -0.4 is 10.6 Å². The molecule has 0 saturated heterocycles. The molecule has 0 spiro atoms. The Morgan fingerprint density at radius 2 is 2.35 bits per heavy atom. The molecule has 5 nitrogen and oxygen atoms in total. The van der Waals surface area contributed by atoms with E-state index in [0.29, 0.717) is 12.2 Å². The van der Waals surface area contributed by atoms with E-state index in [4.69, 9.17) is 6.42 Å². The Morgan fingerprint density at radius 3 is 3.18 bits per heavy atom. The van der Waals surface area contributed by atoms with Crippen LogP contribution in [-0.4, -0.2) is 33.6 Å². The van der Waals surface area contributed by atoms with Crippen LogP contribution in [0.4, 0.5) is 17.1 Å². The summed E-state index contributed by atoms with van der Waals surface area (Å²) in [7, 11) is 0. The number of rotatable bonds is 4. The van der Waals surface area contributed by atoms with Crippen LogP contribution in [0.15, 0.2) is 26.1 Å². The molecule has 0 aliphatic carbocycles. The molecule has 0 unspecified atom stereocenters. The van der Waals surface area contributed by atoms with Crippen LogP contribution in [0.25, 0.3) is 0 Å². The molecule has 0 bridgehead atoms. The van der Waals surface area contributed by atoms with Crippen molar-refractivity contribution in [2.75, 3.05) is 18.4 Å². The second-order valence-electron chi connectivity index (χ2n) is 3.29. The predicted octanol–water partition coefficient (Wildman–Crippen LogP) is 1.20. The quantitative estimate of drug-likeness (QED) is 0.505. The molecule has 0 fully saturated rings. The summed E-state index contributed by atoms with van der Waals surface area (Å²) in [6.45, 7) is 0.569. The molecule has 1 aliphatic heterocycles. The summed E-state index contributed by atoms with van der Waals surface area (Å²) in [5.74, 6) is 2.27. The third-order valence-electron chi connectivity index (χ3n) is 2.07. The molecule has 1 heterocycles. The van der Waals surface area contributed by atoms with Crippen molar-refractivity contribution in [1.82, 2.24) is 5.32 Å². The van der Waals surface area contributed by atoms with Gasteiger partial charge in [-0.3, -0.25) is 0 Å². The molecule has 1 aromatic carbocycles. The number of amides is 1. The zero-order valence-corrected chi connectivity index (χ0v) is 10.6. The second kappa shape index (κ2) is 5.60. The van der Waals surface area contributed by atoms with E-state index in [-0.39, 0.29) is 27.0 Å². The Hall–Kier alpha value is -1.67. The number of terminal acetylenes is 1. The van der Waals surface area contributed by atoms with Gasteiger partial charge in [-0.25, -0.2) is 0 Å². The third kappa shape index (κ3) is 2.92. The maximum atomic E-state index is 11.6. The van der Waals surface area contributed by atoms with Crippen molar-refractivity contribution in [3.05, 3.63) is 18.2 Å². The summed E-state index contributed by atoms with van der Waals surface area (Å²) in [6, 6.07) is 5.56. The Kier molecular flexibility index (Phi) is 3.89. The Balaban J connectivity index is 2.01. The molecular weight excluding hydrogens is 283 g/mol. The monoisotopic (exact) mass is 294 g/mol. The van der Waals surface area contributed by atoms with Crippen LogP contribution in [0, 0.1) is 12.3 Å². The fourth-order valence-electron chi connectivity index (χ4n) is 1.35. The number of carbonyl (C=O) groups excluding carboxylic acids is 1. The van der Waals surface area contributed by atoms with Crippen LogP contribution in [0.3, 0.4) is 0 Å². The molecule has 86 valence electrons. The molecule has 0 saturated carbocycles. The first-order valence-corrected chi connectivity index (χ1v) is 6.50. The predicted molar refractivity (Wildman–Crippen MR) is 66.7 cm³/mol. The van der Waals surface area contributed by atoms with Crippen molar-refractivity contribution >= 4 is 37.5 Å². The fraction of sp³-hybridized carbons (Fsp3) is 0.182. The number of nitrogens with one attached hydrogen (secondary N) is 2. The number of fused-ring (bicyclic) bond motifs is 1. The van der Waals surface area contributed by atoms with Gasteiger partial charge in [-0.1, -0.05) is 0 Å². The SMILES string of the molecule is C#CCNCC(=O)Nc1cccc2c1N=[Se]=N2. The minimum absolute atomic E-state index is 0.0924. The molecule has 0 atom stereocenters. The number of carbonyl (C=O) groups is 1. The molecule has 1 aliphatic rings. The average molecular weight is 293 g/mol. The van der Waals surface area contributed by atoms with Crippen molar-refractivity contribution < 1.29 is 4.79 Å². The summed E-state index contributed by atoms with van der Waals surface area (Å²) in [5, 5.41) is 5.61. The summed E-state index contributed by atoms with van der Waals surface area (Å²) < 4.78 is 8.52. The fourth-order valence-corrected chi connectivity index (χ4v) is 2.50. The first-order valence-electron chi connectivity index (χ1n) is 4.96. The normalized spacial score (nSPS) is 11.5. The average Bonchev–Trinajstić information content (AvgIpc) is 2.78. The second-order valence-corrected chi connectivity index (χ2v) is 4.40. The van der Waals surface area contributed by atoms with Gasteiger partial charge in [0.05, 0.1) is 0 Å². The Morgan fingerprint density at radius 1 is 1.47 bits per heavy atom. The molecule has 6 heteroatoms. The Bertz CT molecular complexity index is 555. The van der Waals surface area contributed by atoms with Crippen LogP contribution in [0.5, 0.6) is 0 Å². The van der Waals surface area contributed by atoms with Gasteiger partial charge < -0.3 is 0 Å². The standard InChI is InChI=1S/C11H10N4OSe/c1-2-6-12-7-10(16)13-8-4-3-5-9-11(8)15-17-14-9/h1,3-5,12H,6-7H2,(H,13,16). The van der Waals surface area contributed by atoms with Gasteiger partial charge in [0.15, 0.2) is 0 Å². The van der Waals surface area contributed by atoms with Crippen LogP contribution in [0.1, 0.15) is 0 Å². The van der Waals surface area contributed by atoms with Crippen molar-refractivity contribution in [2.24, 2.45) is 7.92 Å². The van der Waals surface area contributed by atoms with Gasteiger partial charge in [0.1, 0.15) is 0 Å². The minimum atomic E-state index is -0.136. The summed E-state index contributed by atoms with van der Waals surface area (Å²) in [4.78, 5) is 11.6. The molecule has 1 amide bonds. The van der Waals surface area contributed by atoms with Crippen LogP contribution in [-0.2, 0) is 4.79 Å². The van der Waals surface area contributed by atoms with Gasteiger partial charge in [0.2, 0.25) is 0 Å². The van der Waals surface area contributed by atoms with Crippen molar-refractivity contribution in [2.45, 2.75) is 0 Å². The van der Waals surface area contributed by atoms with Gasteiger partial charge in [0, 0.05) is 0 Å². The van der Waals surface area contributed by atoms with E-state index in [1.54, 1.807) is 0 Å². The van der Waals surface area contributed by atoms with E-state index in [1.165, 1.54) is 0 Å². The zero-order chi connectivity index (χ0) is 12.1. The van der Waals surface area contributed by atoms with E-state index < -0.39 is 0 Å². The van der Waals surface area contributed by atoms with Crippen LogP contribution in [0.2, 0.25) is 0 Å². The number of anilines is 1. The number of nitrogens with zero attached hydrogens (tertiary/aromatic N) is 2. The van der Waals surface area contributed by atoms with Gasteiger partial charge in [0.25, 0.3) is 0 Å². The topological polar surface area (TPSA) is 65.8 Å². The zero-order valence-electron chi connectivity index (χ0n) is 8.93. The molecular formula is C11H10N4OSe. The number of hydrogen-bond donors (Lipinski definition) is 2. The van der Waals surface area contributed by atoms with Gasteiger partial charge >= 0.3 is 105 Å². The van der Waals surface area contributed by atoms with Crippen molar-refractivity contribution in [3.8, 4) is 12.3 Å². The van der Waals surface area contributed by atoms with Gasteiger partial charge in [-0.2, -0.15) is 0 Å². The van der Waals surface area contributed by atoms with E-state index in [2.05, 4.69) is 24.5 Å². The first-order chi connectivity index (χ1) is 8.31. The van der Waals surface area contributed by atoms with Gasteiger partial charge in [-0.15, -0.1) is 0 Å². The van der Waals surface area contributed by atoms with Crippen molar-refractivity contribution in [3.63, 3.8) is 0 Å². The van der Waals surface area contributed by atoms with E-state index in [9.17, 15) is 4.79 Å². The van der Waals surface area contributed by atoms with E-state index >= 15 is 0 Å². The summed E-state index contributed by atoms with van der Waals surface area (Å²) >= 11 is -0.0924. The number of hydrogen-bond acceptors (Lipinski definition) is 4. The molecule has 2 N–H and O–H groups in total. The van der Waals surface area contributed by atoms with Gasteiger partial charge in [-0.05, 0) is 0 Å².